The van der Waals surface area contributed by atoms with Gasteiger partial charge in [-0.15, -0.1) is 0 Å². The Morgan fingerprint density at radius 1 is 1.28 bits per heavy atom. The van der Waals surface area contributed by atoms with E-state index in [0.717, 1.165) is 24.0 Å². The van der Waals surface area contributed by atoms with Crippen LogP contribution in [-0.2, 0) is 0 Å². The maximum atomic E-state index is 10.2. The molecule has 5 rings (SSSR count). The van der Waals surface area contributed by atoms with Crippen molar-refractivity contribution in [1.29, 1.82) is 0 Å². The van der Waals surface area contributed by atoms with Crippen molar-refractivity contribution < 1.29 is 9.84 Å². The van der Waals surface area contributed by atoms with Crippen LogP contribution in [0.2, 0.25) is 0 Å². The Hall–Kier alpha value is -3.01. The van der Waals surface area contributed by atoms with E-state index in [1.165, 1.54) is 6.33 Å². The van der Waals surface area contributed by atoms with Crippen LogP contribution in [0.3, 0.4) is 0 Å². The molecule has 156 valence electrons. The number of aliphatic hydroxyl groups is 1. The minimum absolute atomic E-state index is 0.128. The first-order valence-corrected chi connectivity index (χ1v) is 10.4. The number of nitrogens with one attached hydrogen (secondary N) is 2. The van der Waals surface area contributed by atoms with Gasteiger partial charge < -0.3 is 20.1 Å². The number of aromatic amines is 1. The van der Waals surface area contributed by atoms with Crippen LogP contribution in [0.4, 0.5) is 5.95 Å². The third-order valence-corrected chi connectivity index (χ3v) is 5.76. The quantitative estimate of drug-likeness (QED) is 0.415. The van der Waals surface area contributed by atoms with E-state index in [4.69, 9.17) is 28.3 Å². The molecule has 0 aromatic carbocycles. The minimum Gasteiger partial charge on any atom is -0.500 e. The zero-order chi connectivity index (χ0) is 22.5. The summed E-state index contributed by atoms with van der Waals surface area (Å²) in [4.78, 5) is 16.5. The summed E-state index contributed by atoms with van der Waals surface area (Å²) < 4.78 is 7.29. The zero-order valence-electron chi connectivity index (χ0n) is 17.6. The Bertz CT molecular complexity index is 1270. The number of pyridine rings is 1. The van der Waals surface area contributed by atoms with Crippen molar-refractivity contribution >= 4 is 46.2 Å². The second-order valence-corrected chi connectivity index (χ2v) is 8.63. The van der Waals surface area contributed by atoms with E-state index >= 15 is 0 Å². The van der Waals surface area contributed by atoms with Crippen LogP contribution in [0.1, 0.15) is 32.6 Å². The lowest BCUT2D eigenvalue weighted by Gasteiger charge is -2.33. The SMILES string of the molecule is [B]C([B])([B])Oc1nc(NC2CCC(C)(O)CC2)nc2[nH]cc(-c3ccn4ncnc4c3)c12. The van der Waals surface area contributed by atoms with Crippen molar-refractivity contribution in [3.05, 3.63) is 30.9 Å². The molecule has 4 aromatic heterocycles. The Kier molecular flexibility index (Phi) is 4.92. The Morgan fingerprint density at radius 2 is 2.06 bits per heavy atom. The van der Waals surface area contributed by atoms with Gasteiger partial charge in [0.1, 0.15) is 35.5 Å². The number of nitrogens with zero attached hydrogens (tertiary/aromatic N) is 5. The van der Waals surface area contributed by atoms with Gasteiger partial charge in [-0.25, -0.2) is 9.50 Å². The highest BCUT2D eigenvalue weighted by molar-refractivity contribution is 6.58. The van der Waals surface area contributed by atoms with Crippen molar-refractivity contribution in [1.82, 2.24) is 29.5 Å². The van der Waals surface area contributed by atoms with Crippen molar-refractivity contribution in [3.63, 3.8) is 0 Å². The fourth-order valence-corrected chi connectivity index (χ4v) is 4.08. The lowest BCUT2D eigenvalue weighted by atomic mass is 9.52. The molecule has 0 spiro atoms. The first-order valence-electron chi connectivity index (χ1n) is 10.4. The number of H-pyrrole nitrogens is 1. The molecule has 1 fully saturated rings. The Morgan fingerprint density at radius 3 is 2.81 bits per heavy atom. The van der Waals surface area contributed by atoms with Gasteiger partial charge in [0, 0.05) is 24.0 Å². The molecule has 0 bridgehead atoms. The van der Waals surface area contributed by atoms with Crippen LogP contribution in [0.15, 0.2) is 30.9 Å². The van der Waals surface area contributed by atoms with Crippen molar-refractivity contribution in [2.24, 2.45) is 0 Å². The third-order valence-electron chi connectivity index (χ3n) is 5.76. The Balaban J connectivity index is 1.54. The number of hydrogen-bond donors (Lipinski definition) is 3. The van der Waals surface area contributed by atoms with Crippen LogP contribution in [0.25, 0.3) is 27.8 Å². The maximum Gasteiger partial charge on any atom is 0.228 e. The zero-order valence-corrected chi connectivity index (χ0v) is 17.6. The molecular weight excluding hydrogens is 403 g/mol. The van der Waals surface area contributed by atoms with Gasteiger partial charge in [0.15, 0.2) is 5.65 Å². The van der Waals surface area contributed by atoms with Gasteiger partial charge in [-0.3, -0.25) is 0 Å². The second kappa shape index (κ2) is 7.55. The van der Waals surface area contributed by atoms with Crippen molar-refractivity contribution in [3.8, 4) is 17.0 Å². The third kappa shape index (κ3) is 4.19. The molecule has 1 aliphatic rings. The van der Waals surface area contributed by atoms with E-state index in [9.17, 15) is 5.11 Å². The summed E-state index contributed by atoms with van der Waals surface area (Å²) >= 11 is 0. The van der Waals surface area contributed by atoms with E-state index in [0.29, 0.717) is 35.5 Å². The van der Waals surface area contributed by atoms with E-state index in [1.54, 1.807) is 10.7 Å². The summed E-state index contributed by atoms with van der Waals surface area (Å²) in [6.07, 6.45) is 8.10. The molecule has 4 aromatic rings. The van der Waals surface area contributed by atoms with Gasteiger partial charge in [-0.05, 0) is 55.6 Å². The molecule has 0 aliphatic heterocycles. The van der Waals surface area contributed by atoms with Crippen molar-refractivity contribution in [2.75, 3.05) is 5.32 Å². The number of aromatic nitrogens is 6. The first-order chi connectivity index (χ1) is 15.2. The fraction of sp³-hybridized carbons (Fsp3) is 0.400. The summed E-state index contributed by atoms with van der Waals surface area (Å²) in [5, 5.41) is 16.3. The molecule has 1 saturated carbocycles. The van der Waals surface area contributed by atoms with Gasteiger partial charge in [-0.1, -0.05) is 0 Å². The van der Waals surface area contributed by atoms with Crippen LogP contribution in [0, 0.1) is 0 Å². The van der Waals surface area contributed by atoms with E-state index < -0.39 is 10.9 Å². The van der Waals surface area contributed by atoms with Crippen LogP contribution >= 0.6 is 0 Å². The summed E-state index contributed by atoms with van der Waals surface area (Å²) in [5.41, 5.74) is 2.25. The summed E-state index contributed by atoms with van der Waals surface area (Å²) in [5.74, 6) is 0.523. The molecular formula is C20H20B3N7O2. The highest BCUT2D eigenvalue weighted by Gasteiger charge is 2.29. The van der Waals surface area contributed by atoms with Gasteiger partial charge in [0.25, 0.3) is 0 Å². The molecule has 1 aliphatic carbocycles. The molecule has 9 nitrogen and oxygen atoms in total. The predicted molar refractivity (Wildman–Crippen MR) is 123 cm³/mol. The number of rotatable bonds is 5. The maximum absolute atomic E-state index is 10.2. The van der Waals surface area contributed by atoms with E-state index in [-0.39, 0.29) is 11.9 Å². The average Bonchev–Trinajstić information content (AvgIpc) is 3.34. The molecule has 4 heterocycles. The van der Waals surface area contributed by atoms with Crippen LogP contribution in [0.5, 0.6) is 5.88 Å². The Labute approximate surface area is 188 Å². The van der Waals surface area contributed by atoms with Gasteiger partial charge in [0.05, 0.1) is 11.0 Å². The number of anilines is 1. The molecule has 0 amide bonds. The normalized spacial score (nSPS) is 21.8. The van der Waals surface area contributed by atoms with Crippen LogP contribution in [-0.4, -0.2) is 75.1 Å². The fourth-order valence-electron chi connectivity index (χ4n) is 4.08. The lowest BCUT2D eigenvalue weighted by molar-refractivity contribution is 0.0195. The van der Waals surface area contributed by atoms with Crippen LogP contribution < -0.4 is 10.1 Å². The average molecular weight is 423 g/mol. The molecule has 6 radical (unpaired) electrons. The summed E-state index contributed by atoms with van der Waals surface area (Å²) in [6.45, 7) is 1.86. The molecule has 0 unspecified atom stereocenters. The van der Waals surface area contributed by atoms with Gasteiger partial charge >= 0.3 is 0 Å². The minimum atomic E-state index is -1.92. The highest BCUT2D eigenvalue weighted by atomic mass is 16.5. The molecule has 12 heteroatoms. The molecule has 3 N–H and O–H groups in total. The molecule has 32 heavy (non-hydrogen) atoms. The van der Waals surface area contributed by atoms with Gasteiger partial charge in [0.2, 0.25) is 11.8 Å². The number of fused-ring (bicyclic) bond motifs is 2. The lowest BCUT2D eigenvalue weighted by Crippen LogP contribution is -2.38. The topological polar surface area (TPSA) is 113 Å². The molecule has 0 saturated heterocycles. The van der Waals surface area contributed by atoms with E-state index in [2.05, 4.69) is 30.4 Å². The standard InChI is InChI=1S/C20H20B3N7O2/c1-19(31)5-2-12(3-6-19)27-18-28-16-15(17(29-18)32-20(21,22)23)13(9-24-16)11-4-7-30-14(8-11)25-10-26-30/h4,7-10,12,31H,2-3,5-6H2,1H3,(H2,24,27,28,29). The summed E-state index contributed by atoms with van der Waals surface area (Å²) in [6, 6.07) is 3.91. The predicted octanol–water partition coefficient (Wildman–Crippen LogP) is 1.27. The second-order valence-electron chi connectivity index (χ2n) is 8.63. The van der Waals surface area contributed by atoms with Gasteiger partial charge in [-0.2, -0.15) is 15.1 Å². The number of hydrogen-bond acceptors (Lipinski definition) is 7. The largest absolute Gasteiger partial charge is 0.500 e. The monoisotopic (exact) mass is 423 g/mol. The molecule has 0 atom stereocenters. The first kappa shape index (κ1) is 20.9. The summed E-state index contributed by atoms with van der Waals surface area (Å²) in [7, 11) is 17.2. The highest BCUT2D eigenvalue weighted by Crippen LogP contribution is 2.36. The van der Waals surface area contributed by atoms with E-state index in [1.807, 2.05) is 25.3 Å². The number of ether oxygens (including phenoxy) is 1. The van der Waals surface area contributed by atoms with Crippen molar-refractivity contribution in [2.45, 2.75) is 49.5 Å². The smallest absolute Gasteiger partial charge is 0.228 e.